The van der Waals surface area contributed by atoms with Crippen LogP contribution in [0.1, 0.15) is 27.9 Å². The lowest BCUT2D eigenvalue weighted by Crippen LogP contribution is -2.47. The number of nitrogens with one attached hydrogen (secondary N) is 2. The van der Waals surface area contributed by atoms with E-state index in [1.54, 1.807) is 11.3 Å². The molecular formula is C19H27N5S. The molecule has 134 valence electrons. The smallest absolute Gasteiger partial charge is 0.191 e. The molecule has 0 saturated carbocycles. The maximum absolute atomic E-state index is 4.38. The third-order valence-electron chi connectivity index (χ3n) is 4.65. The van der Waals surface area contributed by atoms with E-state index in [4.69, 9.17) is 0 Å². The molecule has 1 aliphatic heterocycles. The molecule has 0 fully saturated rings. The maximum atomic E-state index is 4.38. The standard InChI is InChI=1S/C19H27N5S/c1-14(24-9-8-16-6-4-5-7-17(16)13-24)10-22-19(20-3)23-12-18-21-11-15(2)25-18/h4-7,11,14H,8-10,12-13H2,1-3H3,(H2,20,22,23). The SMILES string of the molecule is CN=C(NCc1ncc(C)s1)NCC(C)N1CCc2ccccc2C1. The molecule has 5 nitrogen and oxygen atoms in total. The van der Waals surface area contributed by atoms with Gasteiger partial charge in [0.15, 0.2) is 5.96 Å². The summed E-state index contributed by atoms with van der Waals surface area (Å²) < 4.78 is 0. The Morgan fingerprint density at radius 2 is 2.12 bits per heavy atom. The van der Waals surface area contributed by atoms with Crippen LogP contribution in [0.2, 0.25) is 0 Å². The van der Waals surface area contributed by atoms with E-state index in [0.29, 0.717) is 12.6 Å². The van der Waals surface area contributed by atoms with Gasteiger partial charge in [-0.3, -0.25) is 9.89 Å². The van der Waals surface area contributed by atoms with Crippen molar-refractivity contribution in [3.63, 3.8) is 0 Å². The van der Waals surface area contributed by atoms with Gasteiger partial charge in [-0.1, -0.05) is 24.3 Å². The van der Waals surface area contributed by atoms with Crippen LogP contribution >= 0.6 is 11.3 Å². The molecule has 1 aliphatic rings. The zero-order valence-corrected chi connectivity index (χ0v) is 16.1. The first-order chi connectivity index (χ1) is 12.2. The first kappa shape index (κ1) is 17.9. The summed E-state index contributed by atoms with van der Waals surface area (Å²) in [5.74, 6) is 0.831. The number of benzene rings is 1. The van der Waals surface area contributed by atoms with Gasteiger partial charge in [-0.05, 0) is 31.4 Å². The van der Waals surface area contributed by atoms with Gasteiger partial charge in [-0.2, -0.15) is 0 Å². The van der Waals surface area contributed by atoms with Crippen LogP contribution in [0.5, 0.6) is 0 Å². The summed E-state index contributed by atoms with van der Waals surface area (Å²) in [6, 6.07) is 9.23. The molecular weight excluding hydrogens is 330 g/mol. The van der Waals surface area contributed by atoms with Crippen LogP contribution in [0.15, 0.2) is 35.5 Å². The minimum absolute atomic E-state index is 0.453. The largest absolute Gasteiger partial charge is 0.355 e. The Balaban J connectivity index is 1.47. The van der Waals surface area contributed by atoms with Gasteiger partial charge in [0, 0.05) is 43.8 Å². The van der Waals surface area contributed by atoms with Gasteiger partial charge in [0.1, 0.15) is 5.01 Å². The molecule has 2 heterocycles. The maximum Gasteiger partial charge on any atom is 0.191 e. The highest BCUT2D eigenvalue weighted by atomic mass is 32.1. The van der Waals surface area contributed by atoms with Crippen LogP contribution in [-0.2, 0) is 19.5 Å². The number of thiazole rings is 1. The molecule has 0 amide bonds. The molecule has 3 rings (SSSR count). The summed E-state index contributed by atoms with van der Waals surface area (Å²) in [6.45, 7) is 8.08. The molecule has 0 saturated heterocycles. The van der Waals surface area contributed by atoms with Crippen molar-refractivity contribution < 1.29 is 0 Å². The molecule has 1 atom stereocenters. The second kappa shape index (κ2) is 8.45. The highest BCUT2D eigenvalue weighted by molar-refractivity contribution is 7.11. The van der Waals surface area contributed by atoms with Gasteiger partial charge >= 0.3 is 0 Å². The number of aryl methyl sites for hydroxylation is 1. The van der Waals surface area contributed by atoms with Crippen molar-refractivity contribution in [3.8, 4) is 0 Å². The average molecular weight is 358 g/mol. The summed E-state index contributed by atoms with van der Waals surface area (Å²) >= 11 is 1.72. The summed E-state index contributed by atoms with van der Waals surface area (Å²) in [5.41, 5.74) is 2.96. The third-order valence-corrected chi connectivity index (χ3v) is 5.56. The fraction of sp³-hybridized carbons (Fsp3) is 0.474. The number of hydrogen-bond donors (Lipinski definition) is 2. The van der Waals surface area contributed by atoms with Gasteiger partial charge in [0.25, 0.3) is 0 Å². The lowest BCUT2D eigenvalue weighted by molar-refractivity contribution is 0.191. The number of hydrogen-bond acceptors (Lipinski definition) is 4. The number of rotatable bonds is 5. The first-order valence-electron chi connectivity index (χ1n) is 8.82. The van der Waals surface area contributed by atoms with Gasteiger partial charge in [0.2, 0.25) is 0 Å². The highest BCUT2D eigenvalue weighted by Gasteiger charge is 2.20. The van der Waals surface area contributed by atoms with Crippen LogP contribution in [0, 0.1) is 6.92 Å². The molecule has 6 heteroatoms. The van der Waals surface area contributed by atoms with Crippen molar-refractivity contribution in [1.29, 1.82) is 0 Å². The van der Waals surface area contributed by atoms with Gasteiger partial charge < -0.3 is 10.6 Å². The molecule has 0 bridgehead atoms. The van der Waals surface area contributed by atoms with Crippen LogP contribution in [0.4, 0.5) is 0 Å². The molecule has 1 aromatic carbocycles. The normalized spacial score (nSPS) is 16.4. The van der Waals surface area contributed by atoms with Crippen LogP contribution in [0.25, 0.3) is 0 Å². The van der Waals surface area contributed by atoms with Gasteiger partial charge in [-0.25, -0.2) is 4.98 Å². The zero-order valence-electron chi connectivity index (χ0n) is 15.2. The Morgan fingerprint density at radius 1 is 1.32 bits per heavy atom. The van der Waals surface area contributed by atoms with E-state index < -0.39 is 0 Å². The first-order valence-corrected chi connectivity index (χ1v) is 9.64. The van der Waals surface area contributed by atoms with E-state index in [9.17, 15) is 0 Å². The average Bonchev–Trinajstić information content (AvgIpc) is 3.06. The molecule has 2 aromatic rings. The van der Waals surface area contributed by atoms with E-state index in [0.717, 1.165) is 37.0 Å². The van der Waals surface area contributed by atoms with Gasteiger partial charge in [0.05, 0.1) is 6.54 Å². The van der Waals surface area contributed by atoms with E-state index in [1.807, 2.05) is 13.2 Å². The summed E-state index contributed by atoms with van der Waals surface area (Å²) in [7, 11) is 1.81. The van der Waals surface area contributed by atoms with E-state index in [1.165, 1.54) is 16.0 Å². The minimum Gasteiger partial charge on any atom is -0.355 e. The lowest BCUT2D eigenvalue weighted by Gasteiger charge is -2.34. The van der Waals surface area contributed by atoms with Crippen molar-refractivity contribution in [2.45, 2.75) is 39.4 Å². The quantitative estimate of drug-likeness (QED) is 0.638. The van der Waals surface area contributed by atoms with Crippen molar-refractivity contribution in [2.75, 3.05) is 20.1 Å². The molecule has 0 aliphatic carbocycles. The minimum atomic E-state index is 0.453. The number of nitrogens with zero attached hydrogens (tertiary/aromatic N) is 3. The highest BCUT2D eigenvalue weighted by Crippen LogP contribution is 2.19. The second-order valence-electron chi connectivity index (χ2n) is 6.51. The van der Waals surface area contributed by atoms with Crippen molar-refractivity contribution in [1.82, 2.24) is 20.5 Å². The number of fused-ring (bicyclic) bond motifs is 1. The molecule has 2 N–H and O–H groups in total. The number of aliphatic imine (C=N–C) groups is 1. The third kappa shape index (κ3) is 4.80. The Labute approximate surface area is 154 Å². The van der Waals surface area contributed by atoms with E-state index >= 15 is 0 Å². The van der Waals surface area contributed by atoms with Crippen molar-refractivity contribution in [3.05, 3.63) is 51.5 Å². The van der Waals surface area contributed by atoms with Crippen molar-refractivity contribution >= 4 is 17.3 Å². The Bertz CT molecular complexity index is 724. The fourth-order valence-corrected chi connectivity index (χ4v) is 3.86. The summed E-state index contributed by atoms with van der Waals surface area (Å²) in [6.07, 6.45) is 3.05. The van der Waals surface area contributed by atoms with Crippen molar-refractivity contribution in [2.24, 2.45) is 4.99 Å². The topological polar surface area (TPSA) is 52.6 Å². The van der Waals surface area contributed by atoms with Crippen LogP contribution in [0.3, 0.4) is 0 Å². The Kier molecular flexibility index (Phi) is 6.04. The summed E-state index contributed by atoms with van der Waals surface area (Å²) in [4.78, 5) is 12.5. The molecule has 0 radical (unpaired) electrons. The fourth-order valence-electron chi connectivity index (χ4n) is 3.13. The second-order valence-corrected chi connectivity index (χ2v) is 7.83. The molecule has 1 aromatic heterocycles. The lowest BCUT2D eigenvalue weighted by atomic mass is 9.99. The predicted octanol–water partition coefficient (Wildman–Crippen LogP) is 2.56. The predicted molar refractivity (Wildman–Crippen MR) is 105 cm³/mol. The van der Waals surface area contributed by atoms with Crippen LogP contribution < -0.4 is 10.6 Å². The molecule has 1 unspecified atom stereocenters. The Morgan fingerprint density at radius 3 is 2.84 bits per heavy atom. The Hall–Kier alpha value is -1.92. The van der Waals surface area contributed by atoms with E-state index in [2.05, 4.69) is 63.6 Å². The molecule has 25 heavy (non-hydrogen) atoms. The number of aromatic nitrogens is 1. The molecule has 0 spiro atoms. The zero-order chi connectivity index (χ0) is 17.6. The summed E-state index contributed by atoms with van der Waals surface area (Å²) in [5, 5.41) is 7.87. The number of guanidine groups is 1. The monoisotopic (exact) mass is 357 g/mol. The van der Waals surface area contributed by atoms with E-state index in [-0.39, 0.29) is 0 Å². The van der Waals surface area contributed by atoms with Gasteiger partial charge in [-0.15, -0.1) is 11.3 Å². The van der Waals surface area contributed by atoms with Crippen LogP contribution in [-0.4, -0.2) is 42.0 Å².